The number of aryl methyl sites for hydroxylation is 1. The van der Waals surface area contributed by atoms with Crippen LogP contribution in [0.4, 0.5) is 24.5 Å². The van der Waals surface area contributed by atoms with Gasteiger partial charge in [0.1, 0.15) is 10.7 Å². The first kappa shape index (κ1) is 19.5. The number of anilines is 2. The number of aromatic nitrogens is 4. The molecule has 1 N–H and O–H groups in total. The van der Waals surface area contributed by atoms with Crippen LogP contribution in [0.25, 0.3) is 11.0 Å². The Morgan fingerprint density at radius 1 is 1.21 bits per heavy atom. The molecule has 1 saturated heterocycles. The second kappa shape index (κ2) is 7.19. The van der Waals surface area contributed by atoms with Crippen LogP contribution in [0.3, 0.4) is 0 Å². The molecule has 154 valence electrons. The summed E-state index contributed by atoms with van der Waals surface area (Å²) in [5.74, 6) is -0.871. The van der Waals surface area contributed by atoms with E-state index in [1.165, 1.54) is 7.05 Å². The minimum absolute atomic E-state index is 0.217. The standard InChI is InChI=1S/C16H14ClF3N6O3/c1-25-13(10(17)14(22-25)16(18,19)20)15(27)21-8-2-3-9(12-11(8)23-29-24-12)26-4-6-28-7-5-26/h2-3H,4-7H2,1H3,(H,21,27). The number of fused-ring (bicyclic) bond motifs is 1. The van der Waals surface area contributed by atoms with E-state index in [-0.39, 0.29) is 11.2 Å². The lowest BCUT2D eigenvalue weighted by Gasteiger charge is -2.28. The van der Waals surface area contributed by atoms with Gasteiger partial charge in [-0.3, -0.25) is 9.48 Å². The van der Waals surface area contributed by atoms with E-state index in [9.17, 15) is 18.0 Å². The molecule has 4 rings (SSSR count). The average Bonchev–Trinajstić information content (AvgIpc) is 3.27. The van der Waals surface area contributed by atoms with Gasteiger partial charge < -0.3 is 15.0 Å². The fourth-order valence-electron chi connectivity index (χ4n) is 3.12. The van der Waals surface area contributed by atoms with Crippen molar-refractivity contribution in [3.8, 4) is 0 Å². The molecule has 9 nitrogen and oxygen atoms in total. The van der Waals surface area contributed by atoms with Crippen LogP contribution in [-0.4, -0.2) is 52.3 Å². The van der Waals surface area contributed by atoms with Gasteiger partial charge in [0, 0.05) is 20.1 Å². The molecule has 0 unspecified atom stereocenters. The van der Waals surface area contributed by atoms with Crippen molar-refractivity contribution in [2.24, 2.45) is 7.05 Å². The molecule has 0 bridgehead atoms. The number of ether oxygens (including phenoxy) is 1. The Bertz CT molecular complexity index is 1070. The molecule has 3 aromatic rings. The topological polar surface area (TPSA) is 98.3 Å². The van der Waals surface area contributed by atoms with Gasteiger partial charge >= 0.3 is 6.18 Å². The van der Waals surface area contributed by atoms with Crippen molar-refractivity contribution in [2.45, 2.75) is 6.18 Å². The number of nitrogens with zero attached hydrogens (tertiary/aromatic N) is 5. The number of amides is 1. The second-order valence-corrected chi connectivity index (χ2v) is 6.66. The van der Waals surface area contributed by atoms with E-state index in [1.807, 2.05) is 4.90 Å². The molecular formula is C16H14ClF3N6O3. The Balaban J connectivity index is 1.66. The maximum absolute atomic E-state index is 13.0. The number of carbonyl (C=O) groups excluding carboxylic acids is 1. The Morgan fingerprint density at radius 3 is 2.55 bits per heavy atom. The van der Waals surface area contributed by atoms with Crippen LogP contribution < -0.4 is 10.2 Å². The molecule has 1 aromatic carbocycles. The Kier molecular flexibility index (Phi) is 4.82. The van der Waals surface area contributed by atoms with Gasteiger partial charge in [-0.25, -0.2) is 4.63 Å². The Labute approximate surface area is 166 Å². The quantitative estimate of drug-likeness (QED) is 0.682. The first-order valence-electron chi connectivity index (χ1n) is 8.46. The van der Waals surface area contributed by atoms with E-state index in [4.69, 9.17) is 21.0 Å². The predicted octanol–water partition coefficient (Wildman–Crippen LogP) is 2.72. The highest BCUT2D eigenvalue weighted by molar-refractivity contribution is 6.35. The van der Waals surface area contributed by atoms with Crippen molar-refractivity contribution in [3.05, 3.63) is 28.5 Å². The summed E-state index contributed by atoms with van der Waals surface area (Å²) < 4.78 is 49.9. The molecule has 1 aliphatic heterocycles. The van der Waals surface area contributed by atoms with Gasteiger partial charge in [0.2, 0.25) is 0 Å². The van der Waals surface area contributed by atoms with E-state index in [0.717, 1.165) is 10.4 Å². The molecule has 0 saturated carbocycles. The third kappa shape index (κ3) is 3.49. The molecule has 29 heavy (non-hydrogen) atoms. The number of morpholine rings is 1. The Hall–Kier alpha value is -2.86. The van der Waals surface area contributed by atoms with Gasteiger partial charge in [-0.15, -0.1) is 0 Å². The lowest BCUT2D eigenvalue weighted by Crippen LogP contribution is -2.36. The third-order valence-electron chi connectivity index (χ3n) is 4.47. The molecule has 1 fully saturated rings. The van der Waals surface area contributed by atoms with E-state index >= 15 is 0 Å². The number of halogens is 4. The van der Waals surface area contributed by atoms with E-state index < -0.39 is 28.5 Å². The van der Waals surface area contributed by atoms with Crippen molar-refractivity contribution in [2.75, 3.05) is 36.5 Å². The van der Waals surface area contributed by atoms with Crippen molar-refractivity contribution in [3.63, 3.8) is 0 Å². The molecule has 0 atom stereocenters. The monoisotopic (exact) mass is 430 g/mol. The summed E-state index contributed by atoms with van der Waals surface area (Å²) in [6.45, 7) is 2.43. The molecular weight excluding hydrogens is 417 g/mol. The van der Waals surface area contributed by atoms with E-state index in [2.05, 4.69) is 20.7 Å². The number of carbonyl (C=O) groups is 1. The summed E-state index contributed by atoms with van der Waals surface area (Å²) in [5.41, 5.74) is -0.119. The summed E-state index contributed by atoms with van der Waals surface area (Å²) in [4.78, 5) is 14.7. The zero-order chi connectivity index (χ0) is 20.8. The second-order valence-electron chi connectivity index (χ2n) is 6.28. The summed E-state index contributed by atoms with van der Waals surface area (Å²) in [7, 11) is 1.20. The van der Waals surface area contributed by atoms with Crippen molar-refractivity contribution in [1.29, 1.82) is 0 Å². The summed E-state index contributed by atoms with van der Waals surface area (Å²) in [5, 5.41) is 12.7. The van der Waals surface area contributed by atoms with Gasteiger partial charge in [0.05, 0.1) is 24.6 Å². The maximum atomic E-state index is 13.0. The summed E-state index contributed by atoms with van der Waals surface area (Å²) >= 11 is 5.77. The van der Waals surface area contributed by atoms with Crippen LogP contribution in [0, 0.1) is 0 Å². The zero-order valence-electron chi connectivity index (χ0n) is 15.0. The van der Waals surface area contributed by atoms with Gasteiger partial charge in [0.25, 0.3) is 5.91 Å². The first-order valence-corrected chi connectivity index (χ1v) is 8.84. The summed E-state index contributed by atoms with van der Waals surface area (Å²) in [6, 6.07) is 3.30. The minimum Gasteiger partial charge on any atom is -0.378 e. The number of nitrogens with one attached hydrogen (secondary N) is 1. The molecule has 13 heteroatoms. The molecule has 0 spiro atoms. The fourth-order valence-corrected chi connectivity index (χ4v) is 3.47. The normalized spacial score (nSPS) is 15.1. The summed E-state index contributed by atoms with van der Waals surface area (Å²) in [6.07, 6.45) is -4.78. The van der Waals surface area contributed by atoms with Crippen molar-refractivity contribution < 1.29 is 27.3 Å². The molecule has 2 aromatic heterocycles. The SMILES string of the molecule is Cn1nc(C(F)(F)F)c(Cl)c1C(=O)Nc1ccc(N2CCOCC2)c2nonc12. The molecule has 3 heterocycles. The van der Waals surface area contributed by atoms with Gasteiger partial charge in [-0.1, -0.05) is 11.6 Å². The molecule has 0 aliphatic carbocycles. The number of hydrogen-bond donors (Lipinski definition) is 1. The van der Waals surface area contributed by atoms with Crippen LogP contribution in [-0.2, 0) is 18.0 Å². The zero-order valence-corrected chi connectivity index (χ0v) is 15.7. The van der Waals surface area contributed by atoms with Crippen molar-refractivity contribution >= 4 is 39.9 Å². The number of rotatable bonds is 3. The van der Waals surface area contributed by atoms with Crippen LogP contribution in [0.2, 0.25) is 5.02 Å². The smallest absolute Gasteiger partial charge is 0.378 e. The largest absolute Gasteiger partial charge is 0.436 e. The average molecular weight is 431 g/mol. The lowest BCUT2D eigenvalue weighted by molar-refractivity contribution is -0.141. The number of hydrogen-bond acceptors (Lipinski definition) is 7. The number of alkyl halides is 3. The predicted molar refractivity (Wildman–Crippen MR) is 96.0 cm³/mol. The number of benzene rings is 1. The van der Waals surface area contributed by atoms with Gasteiger partial charge in [0.15, 0.2) is 16.7 Å². The first-order chi connectivity index (χ1) is 13.8. The molecule has 0 radical (unpaired) electrons. The molecule has 1 amide bonds. The highest BCUT2D eigenvalue weighted by atomic mass is 35.5. The highest BCUT2D eigenvalue weighted by Gasteiger charge is 2.39. The van der Waals surface area contributed by atoms with Crippen LogP contribution in [0.15, 0.2) is 16.8 Å². The minimum atomic E-state index is -4.78. The maximum Gasteiger partial charge on any atom is 0.436 e. The highest BCUT2D eigenvalue weighted by Crippen LogP contribution is 2.36. The van der Waals surface area contributed by atoms with Crippen LogP contribution in [0.1, 0.15) is 16.2 Å². The third-order valence-corrected chi connectivity index (χ3v) is 4.83. The van der Waals surface area contributed by atoms with Gasteiger partial charge in [-0.2, -0.15) is 18.3 Å². The van der Waals surface area contributed by atoms with Crippen LogP contribution >= 0.6 is 11.6 Å². The van der Waals surface area contributed by atoms with Crippen molar-refractivity contribution in [1.82, 2.24) is 20.1 Å². The van der Waals surface area contributed by atoms with E-state index in [1.54, 1.807) is 12.1 Å². The van der Waals surface area contributed by atoms with E-state index in [0.29, 0.717) is 31.8 Å². The Morgan fingerprint density at radius 2 is 1.90 bits per heavy atom. The van der Waals surface area contributed by atoms with Gasteiger partial charge in [-0.05, 0) is 22.4 Å². The lowest BCUT2D eigenvalue weighted by atomic mass is 10.2. The fraction of sp³-hybridized carbons (Fsp3) is 0.375. The van der Waals surface area contributed by atoms with Crippen LogP contribution in [0.5, 0.6) is 0 Å². The molecule has 1 aliphatic rings.